The molecule has 1 saturated heterocycles. The molecular formula is C15H20ClFN2O. The number of amides is 1. The minimum atomic E-state index is -0.553. The third kappa shape index (κ3) is 3.49. The summed E-state index contributed by atoms with van der Waals surface area (Å²) >= 11 is 5.98. The first kappa shape index (κ1) is 15.3. The predicted octanol–water partition coefficient (Wildman–Crippen LogP) is 3.08. The van der Waals surface area contributed by atoms with Crippen LogP contribution in [0.3, 0.4) is 0 Å². The fourth-order valence-corrected chi connectivity index (χ4v) is 2.83. The molecule has 0 radical (unpaired) electrons. The second kappa shape index (κ2) is 7.04. The smallest absolute Gasteiger partial charge is 0.258 e. The van der Waals surface area contributed by atoms with E-state index in [9.17, 15) is 9.18 Å². The van der Waals surface area contributed by atoms with E-state index >= 15 is 0 Å². The van der Waals surface area contributed by atoms with Crippen molar-refractivity contribution in [2.24, 2.45) is 0 Å². The maximum absolute atomic E-state index is 13.9. The van der Waals surface area contributed by atoms with Crippen LogP contribution in [0.1, 0.15) is 36.5 Å². The predicted molar refractivity (Wildman–Crippen MR) is 78.6 cm³/mol. The van der Waals surface area contributed by atoms with Crippen molar-refractivity contribution in [1.29, 1.82) is 0 Å². The molecule has 1 atom stereocenters. The Labute approximate surface area is 124 Å². The second-order valence-electron chi connectivity index (χ2n) is 5.14. The maximum atomic E-state index is 13.9. The molecule has 1 fully saturated rings. The molecule has 1 N–H and O–H groups in total. The third-order valence-electron chi connectivity index (χ3n) is 3.56. The van der Waals surface area contributed by atoms with E-state index in [0.29, 0.717) is 19.1 Å². The normalized spacial score (nSPS) is 18.2. The van der Waals surface area contributed by atoms with E-state index in [1.165, 1.54) is 12.1 Å². The molecule has 1 aromatic rings. The molecule has 110 valence electrons. The lowest BCUT2D eigenvalue weighted by atomic mass is 10.1. The Bertz CT molecular complexity index is 455. The summed E-state index contributed by atoms with van der Waals surface area (Å²) < 4.78 is 13.9. The monoisotopic (exact) mass is 298 g/mol. The van der Waals surface area contributed by atoms with Crippen LogP contribution in [-0.4, -0.2) is 36.5 Å². The average molecular weight is 299 g/mol. The van der Waals surface area contributed by atoms with Gasteiger partial charge in [-0.05, 0) is 37.9 Å². The van der Waals surface area contributed by atoms with Crippen LogP contribution in [0.2, 0.25) is 5.02 Å². The van der Waals surface area contributed by atoms with Crippen LogP contribution in [0.15, 0.2) is 18.2 Å². The molecule has 0 bridgehead atoms. The first-order valence-corrected chi connectivity index (χ1v) is 7.48. The molecule has 1 heterocycles. The van der Waals surface area contributed by atoms with E-state index in [0.717, 1.165) is 25.8 Å². The van der Waals surface area contributed by atoms with Crippen LogP contribution in [0.25, 0.3) is 0 Å². The van der Waals surface area contributed by atoms with Crippen molar-refractivity contribution < 1.29 is 9.18 Å². The SMILES string of the molecule is CCCN(CC1CCCN1)C(=O)c1c(F)cccc1Cl. The zero-order valence-corrected chi connectivity index (χ0v) is 12.4. The van der Waals surface area contributed by atoms with Gasteiger partial charge in [-0.15, -0.1) is 0 Å². The van der Waals surface area contributed by atoms with Crippen molar-refractivity contribution >= 4 is 17.5 Å². The Morgan fingerprint density at radius 1 is 1.55 bits per heavy atom. The molecule has 1 aromatic carbocycles. The fourth-order valence-electron chi connectivity index (χ4n) is 2.58. The summed E-state index contributed by atoms with van der Waals surface area (Å²) in [7, 11) is 0. The van der Waals surface area contributed by atoms with Gasteiger partial charge in [-0.3, -0.25) is 4.79 Å². The van der Waals surface area contributed by atoms with E-state index in [1.807, 2.05) is 6.92 Å². The Hall–Kier alpha value is -1.13. The second-order valence-corrected chi connectivity index (χ2v) is 5.55. The van der Waals surface area contributed by atoms with Gasteiger partial charge in [0, 0.05) is 19.1 Å². The molecular weight excluding hydrogens is 279 g/mol. The molecule has 0 spiro atoms. The summed E-state index contributed by atoms with van der Waals surface area (Å²) in [5.41, 5.74) is -0.0133. The summed E-state index contributed by atoms with van der Waals surface area (Å²) in [6, 6.07) is 4.64. The van der Waals surface area contributed by atoms with Gasteiger partial charge >= 0.3 is 0 Å². The standard InChI is InChI=1S/C15H20ClFN2O/c1-2-9-19(10-11-5-4-8-18-11)15(20)14-12(16)6-3-7-13(14)17/h3,6-7,11,18H,2,4-5,8-10H2,1H3. The number of hydrogen-bond acceptors (Lipinski definition) is 2. The molecule has 1 amide bonds. The van der Waals surface area contributed by atoms with Gasteiger partial charge in [-0.2, -0.15) is 0 Å². The zero-order chi connectivity index (χ0) is 14.5. The van der Waals surface area contributed by atoms with Crippen molar-refractivity contribution in [2.75, 3.05) is 19.6 Å². The fraction of sp³-hybridized carbons (Fsp3) is 0.533. The van der Waals surface area contributed by atoms with E-state index in [-0.39, 0.29) is 16.5 Å². The van der Waals surface area contributed by atoms with Gasteiger partial charge in [0.1, 0.15) is 5.82 Å². The highest BCUT2D eigenvalue weighted by molar-refractivity contribution is 6.33. The lowest BCUT2D eigenvalue weighted by molar-refractivity contribution is 0.0737. The number of hydrogen-bond donors (Lipinski definition) is 1. The molecule has 1 aliphatic rings. The number of halogens is 2. The number of nitrogens with zero attached hydrogens (tertiary/aromatic N) is 1. The minimum absolute atomic E-state index is 0.0133. The molecule has 2 rings (SSSR count). The van der Waals surface area contributed by atoms with Crippen molar-refractivity contribution in [1.82, 2.24) is 10.2 Å². The summed E-state index contributed by atoms with van der Waals surface area (Å²) in [6.45, 7) is 4.21. The molecule has 0 aliphatic carbocycles. The quantitative estimate of drug-likeness (QED) is 0.906. The van der Waals surface area contributed by atoms with Crippen LogP contribution in [0.5, 0.6) is 0 Å². The number of benzene rings is 1. The number of rotatable bonds is 5. The van der Waals surface area contributed by atoms with Gasteiger partial charge in [0.15, 0.2) is 0 Å². The van der Waals surface area contributed by atoms with Crippen molar-refractivity contribution in [3.63, 3.8) is 0 Å². The Kier molecular flexibility index (Phi) is 5.38. The van der Waals surface area contributed by atoms with E-state index in [4.69, 9.17) is 11.6 Å². The highest BCUT2D eigenvalue weighted by atomic mass is 35.5. The van der Waals surface area contributed by atoms with Crippen molar-refractivity contribution in [3.05, 3.63) is 34.6 Å². The van der Waals surface area contributed by atoms with Gasteiger partial charge in [0.05, 0.1) is 10.6 Å². The first-order chi connectivity index (χ1) is 9.63. The highest BCUT2D eigenvalue weighted by Crippen LogP contribution is 2.21. The van der Waals surface area contributed by atoms with Gasteiger partial charge in [-0.1, -0.05) is 24.6 Å². The first-order valence-electron chi connectivity index (χ1n) is 7.10. The van der Waals surface area contributed by atoms with Crippen LogP contribution in [0.4, 0.5) is 4.39 Å². The number of carbonyl (C=O) groups is 1. The van der Waals surface area contributed by atoms with Crippen molar-refractivity contribution in [2.45, 2.75) is 32.2 Å². The lowest BCUT2D eigenvalue weighted by Gasteiger charge is -2.26. The Morgan fingerprint density at radius 2 is 2.35 bits per heavy atom. The maximum Gasteiger partial charge on any atom is 0.258 e. The van der Waals surface area contributed by atoms with E-state index in [1.54, 1.807) is 11.0 Å². The Morgan fingerprint density at radius 3 is 2.95 bits per heavy atom. The van der Waals surface area contributed by atoms with Crippen LogP contribution in [0, 0.1) is 5.82 Å². The van der Waals surface area contributed by atoms with Gasteiger partial charge in [0.25, 0.3) is 5.91 Å². The summed E-state index contributed by atoms with van der Waals surface area (Å²) in [4.78, 5) is 14.2. The topological polar surface area (TPSA) is 32.3 Å². The van der Waals surface area contributed by atoms with Crippen molar-refractivity contribution in [3.8, 4) is 0 Å². The number of nitrogens with one attached hydrogen (secondary N) is 1. The molecule has 1 aliphatic heterocycles. The van der Waals surface area contributed by atoms with E-state index in [2.05, 4.69) is 5.32 Å². The van der Waals surface area contributed by atoms with Crippen LogP contribution < -0.4 is 5.32 Å². The van der Waals surface area contributed by atoms with Crippen LogP contribution in [-0.2, 0) is 0 Å². The lowest BCUT2D eigenvalue weighted by Crippen LogP contribution is -2.41. The molecule has 3 nitrogen and oxygen atoms in total. The van der Waals surface area contributed by atoms with Gasteiger partial charge < -0.3 is 10.2 Å². The minimum Gasteiger partial charge on any atom is -0.337 e. The average Bonchev–Trinajstić information content (AvgIpc) is 2.91. The zero-order valence-electron chi connectivity index (χ0n) is 11.7. The molecule has 5 heteroatoms. The Balaban J connectivity index is 2.17. The summed E-state index contributed by atoms with van der Waals surface area (Å²) in [5, 5.41) is 3.54. The molecule has 0 aromatic heterocycles. The largest absolute Gasteiger partial charge is 0.337 e. The molecule has 1 unspecified atom stereocenters. The molecule has 0 saturated carbocycles. The summed E-state index contributed by atoms with van der Waals surface area (Å²) in [5.74, 6) is -0.869. The molecule has 20 heavy (non-hydrogen) atoms. The van der Waals surface area contributed by atoms with Gasteiger partial charge in [0.2, 0.25) is 0 Å². The highest BCUT2D eigenvalue weighted by Gasteiger charge is 2.25. The summed E-state index contributed by atoms with van der Waals surface area (Å²) in [6.07, 6.45) is 3.02. The van der Waals surface area contributed by atoms with Crippen LogP contribution >= 0.6 is 11.6 Å². The van der Waals surface area contributed by atoms with E-state index < -0.39 is 5.82 Å². The third-order valence-corrected chi connectivity index (χ3v) is 3.88. The van der Waals surface area contributed by atoms with Gasteiger partial charge in [-0.25, -0.2) is 4.39 Å². The number of carbonyl (C=O) groups excluding carboxylic acids is 1.